The normalized spacial score (nSPS) is 26.6. The van der Waals surface area contributed by atoms with Crippen LogP contribution >= 0.6 is 0 Å². The summed E-state index contributed by atoms with van der Waals surface area (Å²) in [5.74, 6) is -1.22. The van der Waals surface area contributed by atoms with Crippen molar-refractivity contribution in [1.82, 2.24) is 15.1 Å². The number of carbonyl (C=O) groups excluding carboxylic acids is 2. The van der Waals surface area contributed by atoms with Crippen LogP contribution in [0, 0.1) is 17.6 Å². The van der Waals surface area contributed by atoms with Gasteiger partial charge in [0.05, 0.1) is 17.5 Å². The molecule has 3 fully saturated rings. The highest BCUT2D eigenvalue weighted by atomic mass is 32.2. The number of benzene rings is 2. The SMILES string of the molecule is CC(C)(C)OC(=O)N[C@H]1C[C@@H](N2CC[C@H]3CN(C(=O)c4cccc(S(C)(=O)=O)c4)C[C@H]32)CO[C@@H]1c1cc(F)ccc1F. The van der Waals surface area contributed by atoms with Gasteiger partial charge in [-0.1, -0.05) is 6.07 Å². The summed E-state index contributed by atoms with van der Waals surface area (Å²) in [4.78, 5) is 30.2. The molecule has 0 saturated carbocycles. The molecule has 2 amide bonds. The van der Waals surface area contributed by atoms with Crippen LogP contribution in [-0.2, 0) is 19.3 Å². The number of hydrogen-bond acceptors (Lipinski definition) is 7. The molecule has 0 unspecified atom stereocenters. The molecule has 0 aromatic heterocycles. The summed E-state index contributed by atoms with van der Waals surface area (Å²) < 4.78 is 64.5. The Hall–Kier alpha value is -3.09. The first-order valence-electron chi connectivity index (χ1n) is 14.1. The molecule has 3 saturated heterocycles. The molecule has 228 valence electrons. The Labute approximate surface area is 245 Å². The number of rotatable bonds is 5. The topological polar surface area (TPSA) is 105 Å². The number of nitrogens with zero attached hydrogens (tertiary/aromatic N) is 2. The van der Waals surface area contributed by atoms with Gasteiger partial charge in [-0.3, -0.25) is 9.69 Å². The van der Waals surface area contributed by atoms with E-state index < -0.39 is 45.3 Å². The van der Waals surface area contributed by atoms with E-state index in [1.165, 1.54) is 12.1 Å². The van der Waals surface area contributed by atoms with Gasteiger partial charge in [-0.15, -0.1) is 0 Å². The smallest absolute Gasteiger partial charge is 0.407 e. The van der Waals surface area contributed by atoms with Crippen LogP contribution in [0.1, 0.15) is 55.6 Å². The van der Waals surface area contributed by atoms with Crippen LogP contribution in [0.25, 0.3) is 0 Å². The Morgan fingerprint density at radius 1 is 1.10 bits per heavy atom. The van der Waals surface area contributed by atoms with Gasteiger partial charge in [0.15, 0.2) is 9.84 Å². The molecule has 3 aliphatic rings. The number of likely N-dealkylation sites (tertiary alicyclic amines) is 2. The summed E-state index contributed by atoms with van der Waals surface area (Å²) in [6.07, 6.45) is 0.797. The fourth-order valence-electron chi connectivity index (χ4n) is 6.34. The number of nitrogens with one attached hydrogen (secondary N) is 1. The summed E-state index contributed by atoms with van der Waals surface area (Å²) in [7, 11) is -3.45. The first-order chi connectivity index (χ1) is 19.7. The molecule has 2 aromatic rings. The number of hydrogen-bond donors (Lipinski definition) is 1. The molecule has 42 heavy (non-hydrogen) atoms. The van der Waals surface area contributed by atoms with Crippen molar-refractivity contribution in [1.29, 1.82) is 0 Å². The number of sulfone groups is 1. The van der Waals surface area contributed by atoms with Crippen LogP contribution in [0.5, 0.6) is 0 Å². The van der Waals surface area contributed by atoms with Crippen molar-refractivity contribution in [2.75, 3.05) is 32.5 Å². The number of fused-ring (bicyclic) bond motifs is 1. The lowest BCUT2D eigenvalue weighted by Gasteiger charge is -2.42. The number of ether oxygens (including phenoxy) is 2. The third-order valence-corrected chi connectivity index (χ3v) is 9.29. The summed E-state index contributed by atoms with van der Waals surface area (Å²) in [5.41, 5.74) is -0.392. The average molecular weight is 606 g/mol. The van der Waals surface area contributed by atoms with E-state index >= 15 is 0 Å². The van der Waals surface area contributed by atoms with Crippen LogP contribution in [0.4, 0.5) is 13.6 Å². The van der Waals surface area contributed by atoms with Crippen molar-refractivity contribution < 1.29 is 36.3 Å². The summed E-state index contributed by atoms with van der Waals surface area (Å²) in [5, 5.41) is 2.83. The van der Waals surface area contributed by atoms with Crippen LogP contribution in [0.2, 0.25) is 0 Å². The van der Waals surface area contributed by atoms with Crippen molar-refractivity contribution in [2.24, 2.45) is 5.92 Å². The van der Waals surface area contributed by atoms with Crippen LogP contribution in [0.3, 0.4) is 0 Å². The summed E-state index contributed by atoms with van der Waals surface area (Å²) in [6.45, 7) is 7.25. The zero-order chi connectivity index (χ0) is 30.4. The molecule has 0 bridgehead atoms. The van der Waals surface area contributed by atoms with Crippen LogP contribution in [-0.4, -0.2) is 86.4 Å². The van der Waals surface area contributed by atoms with E-state index in [0.29, 0.717) is 25.1 Å². The standard InChI is InChI=1S/C30H37F2N3O6S/c1-30(2,3)41-29(37)33-25-14-21(17-40-27(25)23-13-20(31)8-9-24(23)32)35-11-10-19-15-34(16-26(19)35)28(36)18-6-5-7-22(12-18)42(4,38)39/h5-9,12-13,19,21,25-27H,10-11,14-17H2,1-4H3,(H,33,37)/t19-,21+,25-,26+,27+/m0/s1. The fraction of sp³-hybridized carbons (Fsp3) is 0.533. The molecule has 9 nitrogen and oxygen atoms in total. The van der Waals surface area contributed by atoms with Gasteiger partial charge < -0.3 is 19.7 Å². The Morgan fingerprint density at radius 3 is 2.57 bits per heavy atom. The van der Waals surface area contributed by atoms with Crippen molar-refractivity contribution in [3.8, 4) is 0 Å². The van der Waals surface area contributed by atoms with Crippen molar-refractivity contribution >= 4 is 21.8 Å². The predicted molar refractivity (Wildman–Crippen MR) is 151 cm³/mol. The van der Waals surface area contributed by atoms with Crippen LogP contribution < -0.4 is 5.32 Å². The van der Waals surface area contributed by atoms with Gasteiger partial charge in [0.2, 0.25) is 0 Å². The molecule has 0 radical (unpaired) electrons. The third-order valence-electron chi connectivity index (χ3n) is 8.18. The first-order valence-corrected chi connectivity index (χ1v) is 16.0. The highest BCUT2D eigenvalue weighted by molar-refractivity contribution is 7.90. The number of amides is 2. The number of halogens is 2. The van der Waals surface area contributed by atoms with Crippen molar-refractivity contribution in [3.05, 3.63) is 65.2 Å². The lowest BCUT2D eigenvalue weighted by molar-refractivity contribution is -0.0642. The first kappa shape index (κ1) is 30.4. The number of alkyl carbamates (subject to hydrolysis) is 1. The van der Waals surface area contributed by atoms with E-state index in [0.717, 1.165) is 37.4 Å². The lowest BCUT2D eigenvalue weighted by atomic mass is 9.92. The minimum absolute atomic E-state index is 0.0303. The molecular formula is C30H37F2N3O6S. The van der Waals surface area contributed by atoms with E-state index in [4.69, 9.17) is 9.47 Å². The monoisotopic (exact) mass is 605 g/mol. The van der Waals surface area contributed by atoms with Crippen molar-refractivity contribution in [3.63, 3.8) is 0 Å². The Morgan fingerprint density at radius 2 is 1.86 bits per heavy atom. The minimum atomic E-state index is -3.45. The second-order valence-corrected chi connectivity index (χ2v) is 14.4. The molecule has 0 aliphatic carbocycles. The highest BCUT2D eigenvalue weighted by Crippen LogP contribution is 2.39. The molecule has 3 heterocycles. The van der Waals surface area contributed by atoms with Gasteiger partial charge in [-0.05, 0) is 82.5 Å². The van der Waals surface area contributed by atoms with Gasteiger partial charge in [0.1, 0.15) is 23.3 Å². The van der Waals surface area contributed by atoms with Crippen molar-refractivity contribution in [2.45, 2.75) is 68.3 Å². The van der Waals surface area contributed by atoms with E-state index in [1.807, 2.05) is 0 Å². The Kier molecular flexibility index (Phi) is 8.34. The van der Waals surface area contributed by atoms with Gasteiger partial charge in [0.25, 0.3) is 5.91 Å². The quantitative estimate of drug-likeness (QED) is 0.551. The number of carbonyl (C=O) groups is 2. The van der Waals surface area contributed by atoms with E-state index in [2.05, 4.69) is 10.2 Å². The van der Waals surface area contributed by atoms with Gasteiger partial charge in [0, 0.05) is 42.6 Å². The Bertz CT molecular complexity index is 1460. The lowest BCUT2D eigenvalue weighted by Crippen LogP contribution is -2.54. The second kappa shape index (κ2) is 11.5. The van der Waals surface area contributed by atoms with Gasteiger partial charge in [-0.25, -0.2) is 22.0 Å². The molecular weight excluding hydrogens is 568 g/mol. The largest absolute Gasteiger partial charge is 0.444 e. The molecule has 5 atom stereocenters. The Balaban J connectivity index is 1.32. The van der Waals surface area contributed by atoms with Gasteiger partial charge in [-0.2, -0.15) is 0 Å². The summed E-state index contributed by atoms with van der Waals surface area (Å²) >= 11 is 0. The molecule has 3 aliphatic heterocycles. The minimum Gasteiger partial charge on any atom is -0.444 e. The molecule has 12 heteroatoms. The molecule has 1 N–H and O–H groups in total. The summed E-state index contributed by atoms with van der Waals surface area (Å²) in [6, 6.07) is 8.47. The molecule has 2 aromatic carbocycles. The maximum absolute atomic E-state index is 14.8. The second-order valence-electron chi connectivity index (χ2n) is 12.4. The average Bonchev–Trinajstić information content (AvgIpc) is 3.49. The van der Waals surface area contributed by atoms with Gasteiger partial charge >= 0.3 is 6.09 Å². The fourth-order valence-corrected chi connectivity index (χ4v) is 7.00. The molecule has 5 rings (SSSR count). The highest BCUT2D eigenvalue weighted by Gasteiger charge is 2.48. The van der Waals surface area contributed by atoms with Crippen LogP contribution in [0.15, 0.2) is 47.4 Å². The zero-order valence-corrected chi connectivity index (χ0v) is 25.0. The van der Waals surface area contributed by atoms with E-state index in [9.17, 15) is 26.8 Å². The molecule has 0 spiro atoms. The predicted octanol–water partition coefficient (Wildman–Crippen LogP) is 3.94. The van der Waals surface area contributed by atoms with E-state index in [-0.39, 0.29) is 41.0 Å². The maximum Gasteiger partial charge on any atom is 0.407 e. The maximum atomic E-state index is 14.8. The third kappa shape index (κ3) is 6.60. The van der Waals surface area contributed by atoms with E-state index in [1.54, 1.807) is 37.8 Å². The zero-order valence-electron chi connectivity index (χ0n) is 24.2.